The van der Waals surface area contributed by atoms with Gasteiger partial charge >= 0.3 is 6.18 Å². The predicted molar refractivity (Wildman–Crippen MR) is 80.6 cm³/mol. The number of aromatic amines is 1. The SMILES string of the molecule is O=S(=O)(Nc1ccc(C(F)(F)F)cc1)c1c[nH]c2ccccc12. The zero-order chi connectivity index (χ0) is 16.7. The molecule has 23 heavy (non-hydrogen) atoms. The third-order valence-corrected chi connectivity index (χ3v) is 4.73. The zero-order valence-electron chi connectivity index (χ0n) is 11.6. The van der Waals surface area contributed by atoms with Gasteiger partial charge in [0, 0.05) is 22.8 Å². The van der Waals surface area contributed by atoms with Crippen LogP contribution in [0.5, 0.6) is 0 Å². The number of halogens is 3. The van der Waals surface area contributed by atoms with Gasteiger partial charge in [-0.1, -0.05) is 18.2 Å². The van der Waals surface area contributed by atoms with E-state index in [-0.39, 0.29) is 10.6 Å². The van der Waals surface area contributed by atoms with Crippen molar-refractivity contribution in [2.24, 2.45) is 0 Å². The molecule has 2 N–H and O–H groups in total. The summed E-state index contributed by atoms with van der Waals surface area (Å²) < 4.78 is 64.6. The third-order valence-electron chi connectivity index (χ3n) is 3.31. The number of alkyl halides is 3. The Kier molecular flexibility index (Phi) is 3.56. The first kappa shape index (κ1) is 15.4. The minimum absolute atomic E-state index is 0.0352. The number of H-pyrrole nitrogens is 1. The summed E-state index contributed by atoms with van der Waals surface area (Å²) in [6.07, 6.45) is -3.12. The van der Waals surface area contributed by atoms with Crippen molar-refractivity contribution in [3.63, 3.8) is 0 Å². The Morgan fingerprint density at radius 2 is 1.61 bits per heavy atom. The molecule has 0 bridgehead atoms. The molecule has 0 unspecified atom stereocenters. The minimum atomic E-state index is -4.46. The molecule has 3 rings (SSSR count). The van der Waals surface area contributed by atoms with E-state index in [1.54, 1.807) is 24.3 Å². The van der Waals surface area contributed by atoms with Gasteiger partial charge in [-0.3, -0.25) is 4.72 Å². The molecule has 4 nitrogen and oxygen atoms in total. The zero-order valence-corrected chi connectivity index (χ0v) is 12.4. The van der Waals surface area contributed by atoms with Crippen LogP contribution in [0.2, 0.25) is 0 Å². The molecule has 0 aliphatic heterocycles. The minimum Gasteiger partial charge on any atom is -0.360 e. The number of nitrogens with one attached hydrogen (secondary N) is 2. The van der Waals surface area contributed by atoms with Gasteiger partial charge in [0.2, 0.25) is 0 Å². The molecule has 0 spiro atoms. The maximum Gasteiger partial charge on any atom is 0.416 e. The van der Waals surface area contributed by atoms with E-state index in [9.17, 15) is 21.6 Å². The molecule has 0 saturated carbocycles. The summed E-state index contributed by atoms with van der Waals surface area (Å²) >= 11 is 0. The van der Waals surface area contributed by atoms with Crippen LogP contribution >= 0.6 is 0 Å². The van der Waals surface area contributed by atoms with E-state index in [4.69, 9.17) is 0 Å². The fraction of sp³-hybridized carbons (Fsp3) is 0.0667. The molecular weight excluding hydrogens is 329 g/mol. The third kappa shape index (κ3) is 3.02. The average molecular weight is 340 g/mol. The molecule has 0 fully saturated rings. The van der Waals surface area contributed by atoms with Crippen LogP contribution in [0.3, 0.4) is 0 Å². The second-order valence-corrected chi connectivity index (χ2v) is 6.53. The van der Waals surface area contributed by atoms with E-state index in [1.807, 2.05) is 0 Å². The fourth-order valence-corrected chi connectivity index (χ4v) is 3.44. The number of anilines is 1. The van der Waals surface area contributed by atoms with Gasteiger partial charge in [-0.05, 0) is 30.3 Å². The normalized spacial score (nSPS) is 12.5. The van der Waals surface area contributed by atoms with Gasteiger partial charge in [0.05, 0.1) is 5.56 Å². The Labute approximate surface area is 130 Å². The Morgan fingerprint density at radius 1 is 0.957 bits per heavy atom. The van der Waals surface area contributed by atoms with Crippen LogP contribution in [0.4, 0.5) is 18.9 Å². The van der Waals surface area contributed by atoms with Crippen LogP contribution in [-0.2, 0) is 16.2 Å². The van der Waals surface area contributed by atoms with Crippen LogP contribution in [0.15, 0.2) is 59.6 Å². The standard InChI is InChI=1S/C15H11F3N2O2S/c16-15(17,18)10-5-7-11(8-6-10)20-23(21,22)14-9-19-13-4-2-1-3-12(13)14/h1-9,19-20H. The molecule has 0 saturated heterocycles. The average Bonchev–Trinajstić information content (AvgIpc) is 2.91. The molecule has 0 amide bonds. The summed E-state index contributed by atoms with van der Waals surface area (Å²) in [5, 5.41) is 0.506. The fourth-order valence-electron chi connectivity index (χ4n) is 2.20. The Balaban J connectivity index is 1.92. The number of para-hydroxylation sites is 1. The number of hydrogen-bond donors (Lipinski definition) is 2. The summed E-state index contributed by atoms with van der Waals surface area (Å²) in [6, 6.07) is 10.6. The van der Waals surface area contributed by atoms with Crippen LogP contribution in [0.1, 0.15) is 5.56 Å². The lowest BCUT2D eigenvalue weighted by Crippen LogP contribution is -2.13. The summed E-state index contributed by atoms with van der Waals surface area (Å²) in [7, 11) is -3.91. The molecule has 120 valence electrons. The van der Waals surface area contributed by atoms with E-state index in [2.05, 4.69) is 9.71 Å². The van der Waals surface area contributed by atoms with E-state index < -0.39 is 21.8 Å². The van der Waals surface area contributed by atoms with Crippen molar-refractivity contribution in [1.29, 1.82) is 0 Å². The first-order valence-electron chi connectivity index (χ1n) is 6.53. The number of rotatable bonds is 3. The molecule has 1 aromatic heterocycles. The molecule has 3 aromatic rings. The van der Waals surface area contributed by atoms with Gasteiger partial charge in [0.1, 0.15) is 4.90 Å². The van der Waals surface area contributed by atoms with Crippen molar-refractivity contribution < 1.29 is 21.6 Å². The van der Waals surface area contributed by atoms with E-state index in [0.29, 0.717) is 10.9 Å². The lowest BCUT2D eigenvalue weighted by Gasteiger charge is -2.09. The number of sulfonamides is 1. The summed E-state index contributed by atoms with van der Waals surface area (Å²) in [6.45, 7) is 0. The largest absolute Gasteiger partial charge is 0.416 e. The van der Waals surface area contributed by atoms with Gasteiger partial charge in [-0.25, -0.2) is 8.42 Å². The highest BCUT2D eigenvalue weighted by molar-refractivity contribution is 7.93. The van der Waals surface area contributed by atoms with Crippen LogP contribution in [0.25, 0.3) is 10.9 Å². The van der Waals surface area contributed by atoms with Gasteiger partial charge < -0.3 is 4.98 Å². The molecule has 8 heteroatoms. The van der Waals surface area contributed by atoms with Crippen molar-refractivity contribution in [2.45, 2.75) is 11.1 Å². The molecule has 0 radical (unpaired) electrons. The highest BCUT2D eigenvalue weighted by Gasteiger charge is 2.30. The molecule has 2 aromatic carbocycles. The first-order chi connectivity index (χ1) is 10.8. The van der Waals surface area contributed by atoms with E-state index >= 15 is 0 Å². The van der Waals surface area contributed by atoms with Crippen molar-refractivity contribution in [1.82, 2.24) is 4.98 Å². The molecular formula is C15H11F3N2O2S. The van der Waals surface area contributed by atoms with Crippen LogP contribution in [-0.4, -0.2) is 13.4 Å². The van der Waals surface area contributed by atoms with Crippen LogP contribution in [0, 0.1) is 0 Å². The summed E-state index contributed by atoms with van der Waals surface area (Å²) in [5.74, 6) is 0. The van der Waals surface area contributed by atoms with Gasteiger partial charge in [0.25, 0.3) is 10.0 Å². The van der Waals surface area contributed by atoms with Crippen molar-refractivity contribution in [2.75, 3.05) is 4.72 Å². The molecule has 0 aliphatic rings. The Hall–Kier alpha value is -2.48. The number of benzene rings is 2. The highest BCUT2D eigenvalue weighted by Crippen LogP contribution is 2.30. The predicted octanol–water partition coefficient (Wildman–Crippen LogP) is 3.99. The maximum atomic E-state index is 12.5. The second kappa shape index (κ2) is 5.31. The molecule has 1 heterocycles. The number of aromatic nitrogens is 1. The molecule has 0 atom stereocenters. The Bertz CT molecular complexity index is 945. The summed E-state index contributed by atoms with van der Waals surface area (Å²) in [5.41, 5.74) is -0.129. The van der Waals surface area contributed by atoms with Crippen molar-refractivity contribution >= 4 is 26.6 Å². The van der Waals surface area contributed by atoms with Crippen molar-refractivity contribution in [3.8, 4) is 0 Å². The smallest absolute Gasteiger partial charge is 0.360 e. The van der Waals surface area contributed by atoms with Gasteiger partial charge in [-0.2, -0.15) is 13.2 Å². The van der Waals surface area contributed by atoms with Gasteiger partial charge in [0.15, 0.2) is 0 Å². The number of hydrogen-bond acceptors (Lipinski definition) is 2. The summed E-state index contributed by atoms with van der Waals surface area (Å²) in [4.78, 5) is 2.88. The lowest BCUT2D eigenvalue weighted by atomic mass is 10.2. The second-order valence-electron chi connectivity index (χ2n) is 4.88. The Morgan fingerprint density at radius 3 is 2.26 bits per heavy atom. The molecule has 0 aliphatic carbocycles. The lowest BCUT2D eigenvalue weighted by molar-refractivity contribution is -0.137. The van der Waals surface area contributed by atoms with Crippen LogP contribution < -0.4 is 4.72 Å². The van der Waals surface area contributed by atoms with E-state index in [0.717, 1.165) is 24.3 Å². The quantitative estimate of drug-likeness (QED) is 0.757. The topological polar surface area (TPSA) is 62.0 Å². The number of fused-ring (bicyclic) bond motifs is 1. The highest BCUT2D eigenvalue weighted by atomic mass is 32.2. The maximum absolute atomic E-state index is 12.5. The monoisotopic (exact) mass is 340 g/mol. The van der Waals surface area contributed by atoms with E-state index in [1.165, 1.54) is 6.20 Å². The first-order valence-corrected chi connectivity index (χ1v) is 8.02. The van der Waals surface area contributed by atoms with Gasteiger partial charge in [-0.15, -0.1) is 0 Å². The van der Waals surface area contributed by atoms with Crippen molar-refractivity contribution in [3.05, 3.63) is 60.3 Å².